The van der Waals surface area contributed by atoms with Gasteiger partial charge in [0.25, 0.3) is 0 Å². The number of amides is 1. The first kappa shape index (κ1) is 9.22. The van der Waals surface area contributed by atoms with E-state index in [-0.39, 0.29) is 17.2 Å². The molecule has 15 heavy (non-hydrogen) atoms. The van der Waals surface area contributed by atoms with Crippen molar-refractivity contribution in [1.82, 2.24) is 5.32 Å². The number of piperidine rings is 1. The van der Waals surface area contributed by atoms with Crippen molar-refractivity contribution >= 4 is 17.5 Å². The number of aryl methyl sites for hydroxylation is 1. The zero-order valence-corrected chi connectivity index (χ0v) is 9.27. The Kier molecular flexibility index (Phi) is 1.70. The number of fused-ring (bicyclic) bond motifs is 1. The number of carbonyl (C=O) groups is 1. The molecule has 3 rings (SSSR count). The van der Waals surface area contributed by atoms with E-state index in [4.69, 9.17) is 11.6 Å². The standard InChI is InChI=1S/C12H12ClNO/c1-7-4-8(2-3-10(7)13)12-5-9(12)11(15)14-6-12/h2-4,9H,5-6H2,1H3,(H,14,15)/t9?,12-/m1/s1. The van der Waals surface area contributed by atoms with Crippen molar-refractivity contribution in [2.24, 2.45) is 5.92 Å². The van der Waals surface area contributed by atoms with Gasteiger partial charge in [0, 0.05) is 17.0 Å². The lowest BCUT2D eigenvalue weighted by molar-refractivity contribution is -0.120. The van der Waals surface area contributed by atoms with Crippen LogP contribution in [0.25, 0.3) is 0 Å². The summed E-state index contributed by atoms with van der Waals surface area (Å²) in [6.07, 6.45) is 1.000. The second-order valence-corrected chi connectivity index (χ2v) is 5.00. The molecule has 1 aromatic carbocycles. The molecular weight excluding hydrogens is 210 g/mol. The fourth-order valence-corrected chi connectivity index (χ4v) is 2.71. The molecule has 1 aliphatic carbocycles. The third-order valence-electron chi connectivity index (χ3n) is 3.70. The molecule has 1 N–H and O–H groups in total. The van der Waals surface area contributed by atoms with Crippen LogP contribution < -0.4 is 5.32 Å². The van der Waals surface area contributed by atoms with Crippen molar-refractivity contribution in [2.45, 2.75) is 18.8 Å². The van der Waals surface area contributed by atoms with Crippen LogP contribution in [0.5, 0.6) is 0 Å². The number of carbonyl (C=O) groups excluding carboxylic acids is 1. The molecule has 1 aromatic rings. The molecule has 2 nitrogen and oxygen atoms in total. The highest BCUT2D eigenvalue weighted by Gasteiger charge is 2.63. The topological polar surface area (TPSA) is 29.1 Å². The summed E-state index contributed by atoms with van der Waals surface area (Å²) in [5, 5.41) is 3.72. The lowest BCUT2D eigenvalue weighted by Crippen LogP contribution is -2.22. The van der Waals surface area contributed by atoms with Crippen LogP contribution in [0.4, 0.5) is 0 Å². The van der Waals surface area contributed by atoms with Crippen molar-refractivity contribution in [3.63, 3.8) is 0 Å². The Hall–Kier alpha value is -1.02. The molecule has 0 radical (unpaired) electrons. The molecule has 1 unspecified atom stereocenters. The fraction of sp³-hybridized carbons (Fsp3) is 0.417. The number of halogens is 1. The lowest BCUT2D eigenvalue weighted by Gasteiger charge is -2.12. The maximum absolute atomic E-state index is 11.4. The Morgan fingerprint density at radius 1 is 1.53 bits per heavy atom. The number of rotatable bonds is 1. The number of benzene rings is 1. The Morgan fingerprint density at radius 3 is 2.87 bits per heavy atom. The van der Waals surface area contributed by atoms with Crippen molar-refractivity contribution in [2.75, 3.05) is 6.54 Å². The molecule has 1 heterocycles. The quantitative estimate of drug-likeness (QED) is 0.773. The van der Waals surface area contributed by atoms with Gasteiger partial charge in [0.05, 0.1) is 5.92 Å². The van der Waals surface area contributed by atoms with E-state index in [0.29, 0.717) is 0 Å². The van der Waals surface area contributed by atoms with Gasteiger partial charge in [-0.05, 0) is 30.5 Å². The summed E-state index contributed by atoms with van der Waals surface area (Å²) in [5.74, 6) is 0.417. The summed E-state index contributed by atoms with van der Waals surface area (Å²) >= 11 is 5.99. The average molecular weight is 222 g/mol. The zero-order valence-electron chi connectivity index (χ0n) is 8.51. The van der Waals surface area contributed by atoms with E-state index in [1.807, 2.05) is 13.0 Å². The summed E-state index contributed by atoms with van der Waals surface area (Å²) in [5.41, 5.74) is 2.44. The molecule has 1 saturated carbocycles. The highest BCUT2D eigenvalue weighted by atomic mass is 35.5. The van der Waals surface area contributed by atoms with E-state index in [2.05, 4.69) is 17.4 Å². The number of nitrogens with one attached hydrogen (secondary N) is 1. The first-order chi connectivity index (χ1) is 7.13. The highest BCUT2D eigenvalue weighted by molar-refractivity contribution is 6.31. The first-order valence-electron chi connectivity index (χ1n) is 5.18. The summed E-state index contributed by atoms with van der Waals surface area (Å²) in [6, 6.07) is 6.09. The minimum atomic E-state index is 0.0897. The van der Waals surface area contributed by atoms with Gasteiger partial charge in [-0.1, -0.05) is 23.7 Å². The van der Waals surface area contributed by atoms with Gasteiger partial charge in [-0.2, -0.15) is 0 Å². The number of hydrogen-bond donors (Lipinski definition) is 1. The Morgan fingerprint density at radius 2 is 2.33 bits per heavy atom. The van der Waals surface area contributed by atoms with E-state index in [1.54, 1.807) is 0 Å². The van der Waals surface area contributed by atoms with Gasteiger partial charge in [-0.25, -0.2) is 0 Å². The van der Waals surface area contributed by atoms with Crippen LogP contribution >= 0.6 is 11.6 Å². The summed E-state index contributed by atoms with van der Waals surface area (Å²) in [6.45, 7) is 2.79. The molecule has 0 spiro atoms. The largest absolute Gasteiger partial charge is 0.355 e. The molecular formula is C12H12ClNO. The van der Waals surface area contributed by atoms with Crippen molar-refractivity contribution < 1.29 is 4.79 Å². The zero-order chi connectivity index (χ0) is 10.6. The van der Waals surface area contributed by atoms with Gasteiger partial charge >= 0.3 is 0 Å². The molecule has 2 aliphatic rings. The molecule has 1 aliphatic heterocycles. The van der Waals surface area contributed by atoms with Gasteiger partial charge in [0.2, 0.25) is 5.91 Å². The van der Waals surface area contributed by atoms with Crippen LogP contribution in [0.15, 0.2) is 18.2 Å². The van der Waals surface area contributed by atoms with Crippen molar-refractivity contribution in [3.8, 4) is 0 Å². The third kappa shape index (κ3) is 1.14. The van der Waals surface area contributed by atoms with Crippen molar-refractivity contribution in [1.29, 1.82) is 0 Å². The molecule has 1 saturated heterocycles. The van der Waals surface area contributed by atoms with Gasteiger partial charge in [0.15, 0.2) is 0 Å². The smallest absolute Gasteiger partial charge is 0.224 e. The maximum atomic E-state index is 11.4. The molecule has 78 valence electrons. The molecule has 0 bridgehead atoms. The monoisotopic (exact) mass is 221 g/mol. The molecule has 2 atom stereocenters. The molecule has 0 aromatic heterocycles. The second kappa shape index (κ2) is 2.76. The molecule has 2 fully saturated rings. The molecule has 3 heteroatoms. The maximum Gasteiger partial charge on any atom is 0.224 e. The van der Waals surface area contributed by atoms with Crippen LogP contribution in [0.3, 0.4) is 0 Å². The van der Waals surface area contributed by atoms with Gasteiger partial charge in [-0.3, -0.25) is 4.79 Å². The van der Waals surface area contributed by atoms with Crippen LogP contribution in [0, 0.1) is 12.8 Å². The summed E-state index contributed by atoms with van der Waals surface area (Å²) < 4.78 is 0. The van der Waals surface area contributed by atoms with E-state index in [0.717, 1.165) is 23.6 Å². The predicted octanol–water partition coefficient (Wildman–Crippen LogP) is 2.04. The Bertz CT molecular complexity index is 457. The Labute approximate surface area is 93.6 Å². The van der Waals surface area contributed by atoms with E-state index < -0.39 is 0 Å². The second-order valence-electron chi connectivity index (χ2n) is 4.59. The predicted molar refractivity (Wildman–Crippen MR) is 59.0 cm³/mol. The molecule has 1 amide bonds. The Balaban J connectivity index is 2.01. The van der Waals surface area contributed by atoms with Crippen molar-refractivity contribution in [3.05, 3.63) is 34.3 Å². The lowest BCUT2D eigenvalue weighted by atomic mass is 9.94. The van der Waals surface area contributed by atoms with Gasteiger partial charge in [0.1, 0.15) is 0 Å². The summed E-state index contributed by atoms with van der Waals surface area (Å²) in [4.78, 5) is 11.4. The van der Waals surface area contributed by atoms with E-state index >= 15 is 0 Å². The number of hydrogen-bond acceptors (Lipinski definition) is 1. The fourth-order valence-electron chi connectivity index (χ4n) is 2.59. The first-order valence-corrected chi connectivity index (χ1v) is 5.56. The van der Waals surface area contributed by atoms with Crippen LogP contribution in [0.1, 0.15) is 17.5 Å². The SMILES string of the molecule is Cc1cc([C@@]23CNC(=O)C2C3)ccc1Cl. The van der Waals surface area contributed by atoms with E-state index in [9.17, 15) is 4.79 Å². The normalized spacial score (nSPS) is 32.4. The minimum absolute atomic E-state index is 0.0897. The average Bonchev–Trinajstić information content (AvgIpc) is 2.88. The van der Waals surface area contributed by atoms with Crippen LogP contribution in [0.2, 0.25) is 5.02 Å². The summed E-state index contributed by atoms with van der Waals surface area (Å²) in [7, 11) is 0. The third-order valence-corrected chi connectivity index (χ3v) is 4.13. The van der Waals surface area contributed by atoms with E-state index in [1.165, 1.54) is 5.56 Å². The van der Waals surface area contributed by atoms with Crippen LogP contribution in [-0.2, 0) is 10.2 Å². The highest BCUT2D eigenvalue weighted by Crippen LogP contribution is 2.57. The van der Waals surface area contributed by atoms with Gasteiger partial charge in [-0.15, -0.1) is 0 Å². The van der Waals surface area contributed by atoms with Gasteiger partial charge < -0.3 is 5.32 Å². The van der Waals surface area contributed by atoms with Crippen LogP contribution in [-0.4, -0.2) is 12.5 Å². The minimum Gasteiger partial charge on any atom is -0.355 e.